The van der Waals surface area contributed by atoms with Gasteiger partial charge in [0.25, 0.3) is 0 Å². The van der Waals surface area contributed by atoms with Crippen molar-refractivity contribution in [3.63, 3.8) is 0 Å². The van der Waals surface area contributed by atoms with E-state index < -0.39 is 11.1 Å². The Morgan fingerprint density at radius 1 is 1.19 bits per heavy atom. The predicted octanol–water partition coefficient (Wildman–Crippen LogP) is 2.73. The van der Waals surface area contributed by atoms with Crippen molar-refractivity contribution in [2.75, 3.05) is 0 Å². The number of rotatable bonds is 5. The third kappa shape index (κ3) is 4.54. The van der Waals surface area contributed by atoms with Crippen LogP contribution in [0.2, 0.25) is 0 Å². The molecule has 2 aromatic carbocycles. The summed E-state index contributed by atoms with van der Waals surface area (Å²) in [6.45, 7) is 0. The van der Waals surface area contributed by atoms with Gasteiger partial charge in [0.1, 0.15) is 11.6 Å². The summed E-state index contributed by atoms with van der Waals surface area (Å²) < 4.78 is 12.9. The summed E-state index contributed by atoms with van der Waals surface area (Å²) in [5, 5.41) is 19.3. The molecule has 3 rings (SSSR count). The number of amides is 1. The highest BCUT2D eigenvalue weighted by molar-refractivity contribution is 8.15. The third-order valence-corrected chi connectivity index (χ3v) is 4.63. The maximum absolute atomic E-state index is 12.9. The quantitative estimate of drug-likeness (QED) is 0.480. The normalized spacial score (nSPS) is 18.4. The lowest BCUT2D eigenvalue weighted by molar-refractivity contribution is -0.118. The Kier molecular flexibility index (Phi) is 5.43. The summed E-state index contributed by atoms with van der Waals surface area (Å²) in [5.41, 5.74) is 1.10. The molecule has 1 atom stereocenters. The molecule has 1 aliphatic rings. The van der Waals surface area contributed by atoms with E-state index in [9.17, 15) is 19.1 Å². The average molecular weight is 371 g/mol. The Bertz CT molecular complexity index is 880. The number of hydrogen-bond donors (Lipinski definition) is 2. The zero-order valence-electron chi connectivity index (χ0n) is 13.4. The van der Waals surface area contributed by atoms with E-state index in [1.54, 1.807) is 12.1 Å². The fourth-order valence-electron chi connectivity index (χ4n) is 2.22. The smallest absolute Gasteiger partial charge is 0.240 e. The van der Waals surface area contributed by atoms with Crippen LogP contribution in [0, 0.1) is 5.82 Å². The molecule has 2 N–H and O–H groups in total. The van der Waals surface area contributed by atoms with Crippen molar-refractivity contribution in [1.29, 1.82) is 0 Å². The van der Waals surface area contributed by atoms with Crippen LogP contribution in [0.3, 0.4) is 0 Å². The van der Waals surface area contributed by atoms with Crippen LogP contribution < -0.4 is 5.32 Å². The number of aromatic hydroxyl groups is 1. The van der Waals surface area contributed by atoms with Gasteiger partial charge in [-0.05, 0) is 54.1 Å². The molecule has 1 aliphatic heterocycles. The van der Waals surface area contributed by atoms with E-state index in [4.69, 9.17) is 0 Å². The monoisotopic (exact) mass is 371 g/mol. The number of carbonyl (C=O) groups is 2. The van der Waals surface area contributed by atoms with Crippen molar-refractivity contribution in [2.45, 2.75) is 11.7 Å². The summed E-state index contributed by atoms with van der Waals surface area (Å²) in [6.07, 6.45) is 1.47. The first-order chi connectivity index (χ1) is 12.5. The standard InChI is InChI=1S/C18H14FN3O3S/c19-13-5-3-12(4-6-13)15(24)9-16-17(25)21-18(26-16)22-20-10-11-1-7-14(23)8-2-11/h1-8,10,16,23H,9H2,(H,21,22,25)/b20-10+. The van der Waals surface area contributed by atoms with Gasteiger partial charge in [0.15, 0.2) is 11.0 Å². The number of nitrogens with zero attached hydrogens (tertiary/aromatic N) is 2. The molecule has 1 unspecified atom stereocenters. The predicted molar refractivity (Wildman–Crippen MR) is 98.0 cm³/mol. The molecule has 1 saturated heterocycles. The van der Waals surface area contributed by atoms with E-state index in [0.717, 1.165) is 17.3 Å². The maximum Gasteiger partial charge on any atom is 0.240 e. The minimum Gasteiger partial charge on any atom is -0.508 e. The van der Waals surface area contributed by atoms with Crippen LogP contribution in [-0.4, -0.2) is 33.4 Å². The van der Waals surface area contributed by atoms with E-state index in [0.29, 0.717) is 10.7 Å². The SMILES string of the molecule is O=C(CC1S/C(=N/N=C/c2ccc(O)cc2)NC1=O)c1ccc(F)cc1. The molecule has 8 heteroatoms. The first kappa shape index (κ1) is 17.8. The van der Waals surface area contributed by atoms with Crippen LogP contribution in [0.5, 0.6) is 5.75 Å². The Balaban J connectivity index is 1.60. The number of benzene rings is 2. The van der Waals surface area contributed by atoms with Crippen LogP contribution in [0.4, 0.5) is 4.39 Å². The minimum atomic E-state index is -0.602. The van der Waals surface area contributed by atoms with Crippen LogP contribution in [-0.2, 0) is 4.79 Å². The van der Waals surface area contributed by atoms with E-state index in [-0.39, 0.29) is 23.9 Å². The summed E-state index contributed by atoms with van der Waals surface area (Å²) in [6, 6.07) is 11.6. The molecule has 1 heterocycles. The molecule has 0 aromatic heterocycles. The lowest BCUT2D eigenvalue weighted by Gasteiger charge is -2.04. The Morgan fingerprint density at radius 3 is 2.58 bits per heavy atom. The van der Waals surface area contributed by atoms with Gasteiger partial charge in [0.05, 0.1) is 11.5 Å². The lowest BCUT2D eigenvalue weighted by Crippen LogP contribution is -2.26. The number of phenols is 1. The van der Waals surface area contributed by atoms with Crippen molar-refractivity contribution >= 4 is 34.8 Å². The summed E-state index contributed by atoms with van der Waals surface area (Å²) >= 11 is 1.12. The maximum atomic E-state index is 12.9. The molecule has 6 nitrogen and oxygen atoms in total. The number of phenolic OH excluding ortho intramolecular Hbond substituents is 1. The van der Waals surface area contributed by atoms with Crippen molar-refractivity contribution in [3.8, 4) is 5.75 Å². The van der Waals surface area contributed by atoms with Gasteiger partial charge in [0, 0.05) is 12.0 Å². The highest BCUT2D eigenvalue weighted by atomic mass is 32.2. The minimum absolute atomic E-state index is 0.0111. The number of Topliss-reactive ketones (excluding diaryl/α,β-unsaturated/α-hetero) is 1. The third-order valence-electron chi connectivity index (χ3n) is 3.56. The number of nitrogens with one attached hydrogen (secondary N) is 1. The second-order valence-electron chi connectivity index (χ2n) is 5.47. The molecule has 0 radical (unpaired) electrons. The number of carbonyl (C=O) groups excluding carboxylic acids is 2. The number of amidine groups is 1. The molecule has 0 spiro atoms. The summed E-state index contributed by atoms with van der Waals surface area (Å²) in [7, 11) is 0. The van der Waals surface area contributed by atoms with Gasteiger partial charge in [-0.1, -0.05) is 11.8 Å². The van der Waals surface area contributed by atoms with Gasteiger partial charge in [-0.25, -0.2) is 4.39 Å². The highest BCUT2D eigenvalue weighted by Gasteiger charge is 2.32. The van der Waals surface area contributed by atoms with Gasteiger partial charge in [-0.3, -0.25) is 9.59 Å². The topological polar surface area (TPSA) is 91.1 Å². The van der Waals surface area contributed by atoms with Crippen LogP contribution in [0.25, 0.3) is 0 Å². The average Bonchev–Trinajstić information content (AvgIpc) is 2.97. The molecule has 0 bridgehead atoms. The van der Waals surface area contributed by atoms with Crippen LogP contribution in [0.15, 0.2) is 58.7 Å². The number of ketones is 1. The molecule has 26 heavy (non-hydrogen) atoms. The van der Waals surface area contributed by atoms with Crippen molar-refractivity contribution in [3.05, 3.63) is 65.5 Å². The highest BCUT2D eigenvalue weighted by Crippen LogP contribution is 2.24. The first-order valence-corrected chi connectivity index (χ1v) is 8.55. The summed E-state index contributed by atoms with van der Waals surface area (Å²) in [4.78, 5) is 24.2. The van der Waals surface area contributed by atoms with Gasteiger partial charge in [0.2, 0.25) is 5.91 Å². The van der Waals surface area contributed by atoms with E-state index in [1.165, 1.54) is 42.6 Å². The van der Waals surface area contributed by atoms with Crippen molar-refractivity contribution in [2.24, 2.45) is 10.2 Å². The lowest BCUT2D eigenvalue weighted by atomic mass is 10.1. The van der Waals surface area contributed by atoms with E-state index >= 15 is 0 Å². The molecule has 0 saturated carbocycles. The van der Waals surface area contributed by atoms with Gasteiger partial charge in [-0.2, -0.15) is 5.10 Å². The molecule has 1 amide bonds. The van der Waals surface area contributed by atoms with Crippen molar-refractivity contribution in [1.82, 2.24) is 5.32 Å². The first-order valence-electron chi connectivity index (χ1n) is 7.67. The van der Waals surface area contributed by atoms with Crippen LogP contribution >= 0.6 is 11.8 Å². The molecular weight excluding hydrogens is 357 g/mol. The Morgan fingerprint density at radius 2 is 1.88 bits per heavy atom. The van der Waals surface area contributed by atoms with E-state index in [2.05, 4.69) is 15.5 Å². The molecular formula is C18H14FN3O3S. The largest absolute Gasteiger partial charge is 0.508 e. The molecule has 1 fully saturated rings. The fourth-order valence-corrected chi connectivity index (χ4v) is 3.14. The summed E-state index contributed by atoms with van der Waals surface area (Å²) in [5.74, 6) is -0.827. The van der Waals surface area contributed by atoms with Crippen molar-refractivity contribution < 1.29 is 19.1 Å². The zero-order valence-corrected chi connectivity index (χ0v) is 14.2. The second kappa shape index (κ2) is 7.92. The molecule has 132 valence electrons. The van der Waals surface area contributed by atoms with Gasteiger partial charge >= 0.3 is 0 Å². The number of thioether (sulfide) groups is 1. The molecule has 0 aliphatic carbocycles. The van der Waals surface area contributed by atoms with E-state index in [1.807, 2.05) is 0 Å². The van der Waals surface area contributed by atoms with Crippen LogP contribution in [0.1, 0.15) is 22.3 Å². The fraction of sp³-hybridized carbons (Fsp3) is 0.111. The van der Waals surface area contributed by atoms with Gasteiger partial charge in [-0.15, -0.1) is 5.10 Å². The Hall–Kier alpha value is -3.00. The number of halogens is 1. The zero-order chi connectivity index (χ0) is 18.5. The second-order valence-corrected chi connectivity index (χ2v) is 6.66. The van der Waals surface area contributed by atoms with Gasteiger partial charge < -0.3 is 10.4 Å². The number of hydrogen-bond acceptors (Lipinski definition) is 6. The molecule has 2 aromatic rings. The Labute approximate surface area is 152 Å².